The second-order valence-corrected chi connectivity index (χ2v) is 5.49. The van der Waals surface area contributed by atoms with Crippen LogP contribution in [0, 0.1) is 12.8 Å². The molecule has 0 aromatic carbocycles. The summed E-state index contributed by atoms with van der Waals surface area (Å²) in [6, 6.07) is 2.09. The molecule has 0 radical (unpaired) electrons. The lowest BCUT2D eigenvalue weighted by molar-refractivity contribution is -0.0479. The predicted octanol–water partition coefficient (Wildman–Crippen LogP) is 2.26. The van der Waals surface area contributed by atoms with E-state index in [1.165, 1.54) is 4.88 Å². The van der Waals surface area contributed by atoms with Crippen LogP contribution in [0.3, 0.4) is 0 Å². The fraction of sp³-hybridized carbons (Fsp3) is 0.667. The van der Waals surface area contributed by atoms with Gasteiger partial charge in [-0.2, -0.15) is 0 Å². The van der Waals surface area contributed by atoms with Crippen LogP contribution in [0.2, 0.25) is 0 Å². The molecule has 2 unspecified atom stereocenters. The molecule has 1 aliphatic rings. The normalized spacial score (nSPS) is 31.8. The van der Waals surface area contributed by atoms with Crippen LogP contribution in [0.15, 0.2) is 11.4 Å². The summed E-state index contributed by atoms with van der Waals surface area (Å²) in [5.74, 6) is 0.347. The lowest BCUT2D eigenvalue weighted by atomic mass is 9.75. The molecule has 2 rings (SSSR count). The van der Waals surface area contributed by atoms with E-state index in [0.717, 1.165) is 31.5 Å². The second kappa shape index (κ2) is 4.24. The third kappa shape index (κ3) is 1.84. The van der Waals surface area contributed by atoms with Crippen molar-refractivity contribution in [2.75, 3.05) is 13.1 Å². The largest absolute Gasteiger partial charge is 0.385 e. The first-order chi connectivity index (χ1) is 7.18. The summed E-state index contributed by atoms with van der Waals surface area (Å²) in [5, 5.41) is 16.3. The highest BCUT2D eigenvalue weighted by molar-refractivity contribution is 7.10. The van der Waals surface area contributed by atoms with Crippen LogP contribution in [-0.4, -0.2) is 18.2 Å². The van der Waals surface area contributed by atoms with Gasteiger partial charge in [-0.25, -0.2) is 0 Å². The molecule has 1 aliphatic heterocycles. The Morgan fingerprint density at radius 3 is 3.07 bits per heavy atom. The van der Waals surface area contributed by atoms with Gasteiger partial charge in [0.2, 0.25) is 0 Å². The van der Waals surface area contributed by atoms with Gasteiger partial charge in [-0.3, -0.25) is 0 Å². The van der Waals surface area contributed by atoms with E-state index >= 15 is 0 Å². The minimum atomic E-state index is -0.593. The average Bonchev–Trinajstić information content (AvgIpc) is 2.66. The van der Waals surface area contributed by atoms with Crippen molar-refractivity contribution in [2.24, 2.45) is 5.92 Å². The molecule has 2 atom stereocenters. The van der Waals surface area contributed by atoms with Gasteiger partial charge in [-0.15, -0.1) is 11.3 Å². The van der Waals surface area contributed by atoms with Crippen LogP contribution in [0.1, 0.15) is 30.2 Å². The third-order valence-corrected chi connectivity index (χ3v) is 4.41. The number of thiophene rings is 1. The molecule has 1 saturated heterocycles. The number of piperidine rings is 1. The Labute approximate surface area is 95.3 Å². The summed E-state index contributed by atoms with van der Waals surface area (Å²) >= 11 is 1.73. The van der Waals surface area contributed by atoms with Gasteiger partial charge >= 0.3 is 0 Å². The van der Waals surface area contributed by atoms with Crippen LogP contribution < -0.4 is 5.32 Å². The summed E-state index contributed by atoms with van der Waals surface area (Å²) in [6.45, 7) is 6.11. The van der Waals surface area contributed by atoms with Crippen molar-refractivity contribution < 1.29 is 5.11 Å². The Morgan fingerprint density at radius 2 is 2.47 bits per heavy atom. The molecule has 1 fully saturated rings. The molecule has 0 bridgehead atoms. The van der Waals surface area contributed by atoms with Crippen molar-refractivity contribution in [1.82, 2.24) is 5.32 Å². The Balaban J connectivity index is 2.34. The van der Waals surface area contributed by atoms with E-state index in [9.17, 15) is 5.11 Å². The van der Waals surface area contributed by atoms with Gasteiger partial charge < -0.3 is 10.4 Å². The lowest BCUT2D eigenvalue weighted by Gasteiger charge is -2.40. The van der Waals surface area contributed by atoms with Crippen LogP contribution >= 0.6 is 11.3 Å². The van der Waals surface area contributed by atoms with Crippen LogP contribution in [0.25, 0.3) is 0 Å². The van der Waals surface area contributed by atoms with Crippen LogP contribution in [-0.2, 0) is 5.60 Å². The van der Waals surface area contributed by atoms with Crippen molar-refractivity contribution in [3.63, 3.8) is 0 Å². The number of rotatable bonds is 2. The predicted molar refractivity (Wildman–Crippen MR) is 64.2 cm³/mol. The molecular weight excluding hydrogens is 206 g/mol. The zero-order valence-electron chi connectivity index (χ0n) is 9.42. The summed E-state index contributed by atoms with van der Waals surface area (Å²) in [6.07, 6.45) is 1.86. The van der Waals surface area contributed by atoms with Gasteiger partial charge in [0.1, 0.15) is 0 Å². The van der Waals surface area contributed by atoms with Crippen LogP contribution in [0.5, 0.6) is 0 Å². The highest BCUT2D eigenvalue weighted by Crippen LogP contribution is 2.39. The Morgan fingerprint density at radius 1 is 1.67 bits per heavy atom. The SMILES string of the molecule is CCC1CNCCC1(O)c1ccsc1C. The van der Waals surface area contributed by atoms with E-state index in [0.29, 0.717) is 5.92 Å². The highest BCUT2D eigenvalue weighted by atomic mass is 32.1. The van der Waals surface area contributed by atoms with Gasteiger partial charge in [-0.05, 0) is 43.3 Å². The average molecular weight is 225 g/mol. The molecule has 2 heterocycles. The first kappa shape index (κ1) is 11.1. The lowest BCUT2D eigenvalue weighted by Crippen LogP contribution is -2.48. The number of hydrogen-bond donors (Lipinski definition) is 2. The first-order valence-electron chi connectivity index (χ1n) is 5.66. The topological polar surface area (TPSA) is 32.3 Å². The Hall–Kier alpha value is -0.380. The molecule has 2 nitrogen and oxygen atoms in total. The molecule has 0 saturated carbocycles. The molecule has 0 spiro atoms. The molecule has 84 valence electrons. The summed E-state index contributed by atoms with van der Waals surface area (Å²) in [5.41, 5.74) is 0.560. The van der Waals surface area contributed by atoms with E-state index in [1.807, 2.05) is 0 Å². The van der Waals surface area contributed by atoms with Crippen molar-refractivity contribution in [1.29, 1.82) is 0 Å². The van der Waals surface area contributed by atoms with Gasteiger partial charge in [-0.1, -0.05) is 6.92 Å². The monoisotopic (exact) mass is 225 g/mol. The van der Waals surface area contributed by atoms with Gasteiger partial charge in [0, 0.05) is 17.3 Å². The standard InChI is InChI=1S/C12H19NOS/c1-3-10-8-13-6-5-12(10,14)11-4-7-15-9(11)2/h4,7,10,13-14H,3,5-6,8H2,1-2H3. The molecule has 3 heteroatoms. The van der Waals surface area contributed by atoms with Crippen LogP contribution in [0.4, 0.5) is 0 Å². The second-order valence-electron chi connectivity index (χ2n) is 4.37. The smallest absolute Gasteiger partial charge is 0.0959 e. The molecule has 1 aromatic heterocycles. The van der Waals surface area contributed by atoms with Crippen molar-refractivity contribution in [2.45, 2.75) is 32.3 Å². The molecular formula is C12H19NOS. The molecule has 0 aliphatic carbocycles. The number of aryl methyl sites for hydroxylation is 1. The minimum absolute atomic E-state index is 0.347. The summed E-state index contributed by atoms with van der Waals surface area (Å²) in [4.78, 5) is 1.26. The summed E-state index contributed by atoms with van der Waals surface area (Å²) < 4.78 is 0. The van der Waals surface area contributed by atoms with E-state index in [4.69, 9.17) is 0 Å². The fourth-order valence-corrected chi connectivity index (χ4v) is 3.38. The van der Waals surface area contributed by atoms with Gasteiger partial charge in [0.05, 0.1) is 5.60 Å². The Kier molecular flexibility index (Phi) is 3.14. The van der Waals surface area contributed by atoms with Crippen molar-refractivity contribution in [3.8, 4) is 0 Å². The minimum Gasteiger partial charge on any atom is -0.385 e. The van der Waals surface area contributed by atoms with E-state index in [2.05, 4.69) is 30.6 Å². The fourth-order valence-electron chi connectivity index (χ4n) is 2.60. The van der Waals surface area contributed by atoms with Gasteiger partial charge in [0.15, 0.2) is 0 Å². The summed E-state index contributed by atoms with van der Waals surface area (Å²) in [7, 11) is 0. The molecule has 1 aromatic rings. The molecule has 0 amide bonds. The van der Waals surface area contributed by atoms with Crippen molar-refractivity contribution in [3.05, 3.63) is 21.9 Å². The van der Waals surface area contributed by atoms with Crippen molar-refractivity contribution >= 4 is 11.3 Å². The van der Waals surface area contributed by atoms with E-state index in [-0.39, 0.29) is 0 Å². The Bertz CT molecular complexity index is 336. The first-order valence-corrected chi connectivity index (χ1v) is 6.54. The van der Waals surface area contributed by atoms with E-state index in [1.54, 1.807) is 11.3 Å². The maximum atomic E-state index is 10.8. The maximum Gasteiger partial charge on any atom is 0.0959 e. The number of hydrogen-bond acceptors (Lipinski definition) is 3. The van der Waals surface area contributed by atoms with E-state index < -0.39 is 5.60 Å². The zero-order chi connectivity index (χ0) is 10.9. The highest BCUT2D eigenvalue weighted by Gasteiger charge is 2.40. The third-order valence-electron chi connectivity index (χ3n) is 3.57. The maximum absolute atomic E-state index is 10.8. The molecule has 15 heavy (non-hydrogen) atoms. The zero-order valence-corrected chi connectivity index (χ0v) is 10.2. The molecule has 2 N–H and O–H groups in total. The number of aliphatic hydroxyl groups is 1. The number of nitrogens with one attached hydrogen (secondary N) is 1. The van der Waals surface area contributed by atoms with Gasteiger partial charge in [0.25, 0.3) is 0 Å². The quantitative estimate of drug-likeness (QED) is 0.809.